The highest BCUT2D eigenvalue weighted by Crippen LogP contribution is 2.30. The highest BCUT2D eigenvalue weighted by molar-refractivity contribution is 5.94. The summed E-state index contributed by atoms with van der Waals surface area (Å²) in [5, 5.41) is 0. The smallest absolute Gasteiger partial charge is 0.283 e. The van der Waals surface area contributed by atoms with E-state index in [1.54, 1.807) is 49.6 Å². The average molecular weight is 384 g/mol. The summed E-state index contributed by atoms with van der Waals surface area (Å²) in [5.74, 6) is 1.23. The topological polar surface area (TPSA) is 95.1 Å². The average Bonchev–Trinajstić information content (AvgIpc) is 2.75. The maximum Gasteiger partial charge on any atom is 0.283 e. The third-order valence-electron chi connectivity index (χ3n) is 3.96. The maximum absolute atomic E-state index is 12.2. The Labute approximate surface area is 162 Å². The third kappa shape index (κ3) is 4.53. The van der Waals surface area contributed by atoms with Crippen LogP contribution in [0.1, 0.15) is 5.56 Å². The van der Waals surface area contributed by atoms with E-state index in [1.165, 1.54) is 13.2 Å². The minimum Gasteiger partial charge on any atom is -0.497 e. The van der Waals surface area contributed by atoms with Crippen LogP contribution in [0.15, 0.2) is 48.5 Å². The monoisotopic (exact) mass is 384 g/mol. The maximum atomic E-state index is 12.2. The number of methoxy groups -OCH3 is 2. The van der Waals surface area contributed by atoms with Crippen LogP contribution in [-0.2, 0) is 9.59 Å². The number of para-hydroxylation sites is 2. The van der Waals surface area contributed by atoms with E-state index in [2.05, 4.69) is 10.9 Å². The van der Waals surface area contributed by atoms with Gasteiger partial charge in [0.05, 0.1) is 14.2 Å². The summed E-state index contributed by atoms with van der Waals surface area (Å²) >= 11 is 0. The van der Waals surface area contributed by atoms with Gasteiger partial charge in [0.25, 0.3) is 11.8 Å². The minimum atomic E-state index is -0.863. The molecule has 0 bridgehead atoms. The lowest BCUT2D eigenvalue weighted by atomic mass is 10.1. The highest BCUT2D eigenvalue weighted by atomic mass is 16.6. The van der Waals surface area contributed by atoms with Gasteiger partial charge in [-0.25, -0.2) is 0 Å². The van der Waals surface area contributed by atoms with Gasteiger partial charge in [0.15, 0.2) is 11.5 Å². The van der Waals surface area contributed by atoms with E-state index in [4.69, 9.17) is 18.9 Å². The molecule has 1 aliphatic heterocycles. The summed E-state index contributed by atoms with van der Waals surface area (Å²) in [6, 6.07) is 12.3. The number of hydrazine groups is 1. The van der Waals surface area contributed by atoms with Gasteiger partial charge in [-0.1, -0.05) is 12.1 Å². The zero-order valence-electron chi connectivity index (χ0n) is 15.4. The summed E-state index contributed by atoms with van der Waals surface area (Å²) in [6.07, 6.45) is 1.96. The van der Waals surface area contributed by atoms with E-state index in [0.717, 1.165) is 0 Å². The zero-order chi connectivity index (χ0) is 19.9. The van der Waals surface area contributed by atoms with Gasteiger partial charge < -0.3 is 18.9 Å². The first kappa shape index (κ1) is 19.1. The van der Waals surface area contributed by atoms with Gasteiger partial charge in [0, 0.05) is 11.6 Å². The fourth-order valence-corrected chi connectivity index (χ4v) is 2.53. The van der Waals surface area contributed by atoms with Gasteiger partial charge in [-0.05, 0) is 36.4 Å². The molecule has 1 aliphatic rings. The van der Waals surface area contributed by atoms with E-state index in [0.29, 0.717) is 28.6 Å². The van der Waals surface area contributed by atoms with Crippen LogP contribution in [-0.4, -0.2) is 38.7 Å². The molecule has 2 aromatic rings. The number of fused-ring (bicyclic) bond motifs is 1. The van der Waals surface area contributed by atoms with Gasteiger partial charge >= 0.3 is 0 Å². The number of carbonyl (C=O) groups excluding carboxylic acids is 2. The third-order valence-corrected chi connectivity index (χ3v) is 3.96. The van der Waals surface area contributed by atoms with Crippen LogP contribution in [0, 0.1) is 0 Å². The van der Waals surface area contributed by atoms with Crippen molar-refractivity contribution in [2.24, 2.45) is 0 Å². The van der Waals surface area contributed by atoms with E-state index in [9.17, 15) is 9.59 Å². The molecule has 1 heterocycles. The molecular formula is C20H20N2O6. The minimum absolute atomic E-state index is 0.0512. The molecule has 0 fully saturated rings. The van der Waals surface area contributed by atoms with Crippen LogP contribution in [0.25, 0.3) is 6.08 Å². The fourth-order valence-electron chi connectivity index (χ4n) is 2.53. The Morgan fingerprint density at radius 3 is 2.61 bits per heavy atom. The van der Waals surface area contributed by atoms with Gasteiger partial charge in [-0.2, -0.15) is 0 Å². The van der Waals surface area contributed by atoms with Crippen molar-refractivity contribution in [3.05, 3.63) is 54.1 Å². The number of nitrogens with one attached hydrogen (secondary N) is 2. The normalized spacial score (nSPS) is 15.0. The van der Waals surface area contributed by atoms with Gasteiger partial charge in [-0.15, -0.1) is 0 Å². The number of hydrogen-bond donors (Lipinski definition) is 2. The Hall–Kier alpha value is -3.68. The molecule has 2 N–H and O–H groups in total. The van der Waals surface area contributed by atoms with Crippen molar-refractivity contribution >= 4 is 17.9 Å². The molecule has 8 nitrogen and oxygen atoms in total. The van der Waals surface area contributed by atoms with E-state index in [-0.39, 0.29) is 6.61 Å². The molecule has 1 atom stereocenters. The predicted octanol–water partition coefficient (Wildman–Crippen LogP) is 1.70. The first-order valence-electron chi connectivity index (χ1n) is 8.49. The molecule has 146 valence electrons. The first-order chi connectivity index (χ1) is 13.6. The van der Waals surface area contributed by atoms with Gasteiger partial charge in [0.2, 0.25) is 6.10 Å². The van der Waals surface area contributed by atoms with Crippen LogP contribution < -0.4 is 29.8 Å². The van der Waals surface area contributed by atoms with E-state index >= 15 is 0 Å². The fraction of sp³-hybridized carbons (Fsp3) is 0.200. The Morgan fingerprint density at radius 1 is 1.07 bits per heavy atom. The molecule has 0 saturated carbocycles. The number of rotatable bonds is 5. The van der Waals surface area contributed by atoms with Gasteiger partial charge in [0.1, 0.15) is 18.1 Å². The number of hydrogen-bond acceptors (Lipinski definition) is 6. The molecule has 0 saturated heterocycles. The van der Waals surface area contributed by atoms with Gasteiger partial charge in [-0.3, -0.25) is 20.4 Å². The Balaban J connectivity index is 1.55. The number of benzene rings is 2. The summed E-state index contributed by atoms with van der Waals surface area (Å²) in [5.41, 5.74) is 5.28. The quantitative estimate of drug-likeness (QED) is 0.602. The number of amides is 2. The summed E-state index contributed by atoms with van der Waals surface area (Å²) in [7, 11) is 3.08. The summed E-state index contributed by atoms with van der Waals surface area (Å²) in [4.78, 5) is 24.2. The molecule has 0 spiro atoms. The van der Waals surface area contributed by atoms with Crippen molar-refractivity contribution in [2.45, 2.75) is 6.10 Å². The van der Waals surface area contributed by atoms with Crippen LogP contribution in [0.4, 0.5) is 0 Å². The van der Waals surface area contributed by atoms with E-state index < -0.39 is 17.9 Å². The standard InChI is InChI=1S/C20H20N2O6/c1-25-14-8-9-15(26-2)13(11-14)7-10-19(23)21-22-20(24)18-12-27-16-5-3-4-6-17(16)28-18/h3-11,18H,12H2,1-2H3,(H,21,23)(H,22,24)/b10-7+/t18-/m0/s1. The lowest BCUT2D eigenvalue weighted by Gasteiger charge is -2.25. The molecule has 2 aromatic carbocycles. The molecule has 3 rings (SSSR count). The van der Waals surface area contributed by atoms with Crippen molar-refractivity contribution in [2.75, 3.05) is 20.8 Å². The molecule has 0 radical (unpaired) electrons. The second-order valence-electron chi connectivity index (χ2n) is 5.78. The van der Waals surface area contributed by atoms with Crippen LogP contribution >= 0.6 is 0 Å². The Morgan fingerprint density at radius 2 is 1.86 bits per heavy atom. The molecule has 0 aliphatic carbocycles. The Kier molecular flexibility index (Phi) is 6.01. The summed E-state index contributed by atoms with van der Waals surface area (Å²) in [6.45, 7) is 0.0512. The molecular weight excluding hydrogens is 364 g/mol. The second-order valence-corrected chi connectivity index (χ2v) is 5.78. The highest BCUT2D eigenvalue weighted by Gasteiger charge is 2.27. The molecule has 28 heavy (non-hydrogen) atoms. The Bertz CT molecular complexity index is 896. The number of carbonyl (C=O) groups is 2. The number of ether oxygens (including phenoxy) is 4. The van der Waals surface area contributed by atoms with Crippen LogP contribution in [0.5, 0.6) is 23.0 Å². The molecule has 0 unspecified atom stereocenters. The predicted molar refractivity (Wildman–Crippen MR) is 101 cm³/mol. The van der Waals surface area contributed by atoms with Crippen LogP contribution in [0.2, 0.25) is 0 Å². The van der Waals surface area contributed by atoms with Crippen LogP contribution in [0.3, 0.4) is 0 Å². The zero-order valence-corrected chi connectivity index (χ0v) is 15.4. The first-order valence-corrected chi connectivity index (χ1v) is 8.49. The second kappa shape index (κ2) is 8.81. The molecule has 8 heteroatoms. The van der Waals surface area contributed by atoms with Crippen molar-refractivity contribution in [3.8, 4) is 23.0 Å². The lowest BCUT2D eigenvalue weighted by Crippen LogP contribution is -2.50. The molecule has 0 aromatic heterocycles. The van der Waals surface area contributed by atoms with Crippen molar-refractivity contribution in [1.29, 1.82) is 0 Å². The SMILES string of the molecule is COc1ccc(OC)c(/C=C/C(=O)NNC(=O)[C@@H]2COc3ccccc3O2)c1. The summed E-state index contributed by atoms with van der Waals surface area (Å²) < 4.78 is 21.5. The largest absolute Gasteiger partial charge is 0.497 e. The molecule has 2 amide bonds. The van der Waals surface area contributed by atoms with Crippen molar-refractivity contribution in [1.82, 2.24) is 10.9 Å². The lowest BCUT2D eigenvalue weighted by molar-refractivity contribution is -0.134. The van der Waals surface area contributed by atoms with E-state index in [1.807, 2.05) is 6.07 Å². The van der Waals surface area contributed by atoms with Crippen molar-refractivity contribution in [3.63, 3.8) is 0 Å². The van der Waals surface area contributed by atoms with Crippen molar-refractivity contribution < 1.29 is 28.5 Å².